The fourth-order valence-electron chi connectivity index (χ4n) is 2.40. The molecule has 20 heavy (non-hydrogen) atoms. The summed E-state index contributed by atoms with van der Waals surface area (Å²) in [5, 5.41) is 5.61. The highest BCUT2D eigenvalue weighted by molar-refractivity contribution is 7.13. The molecule has 3 nitrogen and oxygen atoms in total. The molecule has 2 aliphatic heterocycles. The number of nitrogens with one attached hydrogen (secondary N) is 1. The molecule has 0 unspecified atom stereocenters. The molecule has 0 fully saturated rings. The van der Waals surface area contributed by atoms with Crippen LogP contribution in [0.1, 0.15) is 5.56 Å². The molecule has 2 heterocycles. The van der Waals surface area contributed by atoms with Gasteiger partial charge in [0.25, 0.3) is 0 Å². The Morgan fingerprint density at radius 2 is 2.00 bits per heavy atom. The van der Waals surface area contributed by atoms with Crippen LogP contribution in [-0.2, 0) is 6.54 Å². The van der Waals surface area contributed by atoms with E-state index < -0.39 is 0 Å². The molecule has 1 aliphatic carbocycles. The van der Waals surface area contributed by atoms with Gasteiger partial charge in [0.2, 0.25) is 6.79 Å². The van der Waals surface area contributed by atoms with Crippen LogP contribution in [-0.4, -0.2) is 6.79 Å². The van der Waals surface area contributed by atoms with E-state index in [2.05, 4.69) is 41.0 Å². The Morgan fingerprint density at radius 1 is 1.05 bits per heavy atom. The fourth-order valence-corrected chi connectivity index (χ4v) is 3.21. The number of ether oxygens (including phenoxy) is 2. The minimum atomic E-state index is 0.320. The molecule has 0 bridgehead atoms. The van der Waals surface area contributed by atoms with Crippen LogP contribution in [0.5, 0.6) is 11.5 Å². The molecule has 0 saturated heterocycles. The quantitative estimate of drug-likeness (QED) is 0.781. The van der Waals surface area contributed by atoms with Gasteiger partial charge in [0, 0.05) is 22.7 Å². The van der Waals surface area contributed by atoms with Crippen LogP contribution in [0.3, 0.4) is 0 Å². The number of hydrogen-bond donors (Lipinski definition) is 1. The summed E-state index contributed by atoms with van der Waals surface area (Å²) < 4.78 is 10.7. The predicted molar refractivity (Wildman–Crippen MR) is 80.8 cm³/mol. The van der Waals surface area contributed by atoms with Crippen LogP contribution in [0.15, 0.2) is 47.8 Å². The standard InChI is InChI=1S/C16H13NO2S/c1-2-12-13(6-7-20-16(12)3-1)17-9-11-4-5-14-15(8-11)19-10-18-14/h1-8,17H,9-10H2. The van der Waals surface area contributed by atoms with E-state index in [9.17, 15) is 0 Å². The zero-order chi connectivity index (χ0) is 13.4. The van der Waals surface area contributed by atoms with Crippen molar-refractivity contribution in [3.63, 3.8) is 0 Å². The van der Waals surface area contributed by atoms with Crippen LogP contribution in [0.2, 0.25) is 0 Å². The zero-order valence-electron chi connectivity index (χ0n) is 10.8. The van der Waals surface area contributed by atoms with Crippen molar-refractivity contribution >= 4 is 17.0 Å². The third kappa shape index (κ3) is 1.98. The average Bonchev–Trinajstić information content (AvgIpc) is 3.13. The molecule has 0 atom stereocenters. The molecule has 0 amide bonds. The smallest absolute Gasteiger partial charge is 0.231 e. The summed E-state index contributed by atoms with van der Waals surface area (Å²) in [5.41, 5.74) is 3.63. The van der Waals surface area contributed by atoms with Crippen molar-refractivity contribution in [1.82, 2.24) is 0 Å². The Labute approximate surface area is 121 Å². The lowest BCUT2D eigenvalue weighted by Gasteiger charge is -2.11. The first-order valence-corrected chi connectivity index (χ1v) is 7.37. The third-order valence-corrected chi connectivity index (χ3v) is 4.30. The lowest BCUT2D eigenvalue weighted by molar-refractivity contribution is 0.174. The molecule has 1 N–H and O–H groups in total. The Bertz CT molecular complexity index is 722. The van der Waals surface area contributed by atoms with Crippen LogP contribution in [0, 0.1) is 0 Å². The second-order valence-corrected chi connectivity index (χ2v) is 5.63. The molecule has 1 aromatic rings. The summed E-state index contributed by atoms with van der Waals surface area (Å²) in [6.07, 6.45) is 0. The molecule has 4 rings (SSSR count). The molecular formula is C16H13NO2S. The summed E-state index contributed by atoms with van der Waals surface area (Å²) in [4.78, 5) is 1.31. The fraction of sp³-hybridized carbons (Fsp3) is 0.125. The van der Waals surface area contributed by atoms with Crippen molar-refractivity contribution in [2.24, 2.45) is 0 Å². The van der Waals surface area contributed by atoms with E-state index >= 15 is 0 Å². The maximum atomic E-state index is 5.40. The molecular weight excluding hydrogens is 270 g/mol. The first kappa shape index (κ1) is 11.6. The van der Waals surface area contributed by atoms with Crippen molar-refractivity contribution in [1.29, 1.82) is 0 Å². The maximum absolute atomic E-state index is 5.40. The van der Waals surface area contributed by atoms with Crippen LogP contribution < -0.4 is 14.8 Å². The Morgan fingerprint density at radius 3 is 3.00 bits per heavy atom. The monoisotopic (exact) mass is 283 g/mol. The van der Waals surface area contributed by atoms with Gasteiger partial charge < -0.3 is 14.8 Å². The van der Waals surface area contributed by atoms with Gasteiger partial charge in [-0.15, -0.1) is 11.3 Å². The van der Waals surface area contributed by atoms with Crippen molar-refractivity contribution < 1.29 is 9.47 Å². The molecule has 4 heteroatoms. The van der Waals surface area contributed by atoms with E-state index in [0.29, 0.717) is 6.79 Å². The van der Waals surface area contributed by atoms with Gasteiger partial charge in [-0.1, -0.05) is 18.2 Å². The summed E-state index contributed by atoms with van der Waals surface area (Å²) in [7, 11) is 0. The van der Waals surface area contributed by atoms with E-state index in [1.54, 1.807) is 11.3 Å². The van der Waals surface area contributed by atoms with E-state index in [1.807, 2.05) is 12.1 Å². The minimum Gasteiger partial charge on any atom is -0.454 e. The molecule has 0 spiro atoms. The van der Waals surface area contributed by atoms with Gasteiger partial charge in [-0.25, -0.2) is 0 Å². The highest BCUT2D eigenvalue weighted by atomic mass is 32.1. The Balaban J connectivity index is 1.54. The van der Waals surface area contributed by atoms with Crippen molar-refractivity contribution in [2.75, 3.05) is 12.1 Å². The minimum absolute atomic E-state index is 0.320. The second kappa shape index (κ2) is 4.72. The molecule has 1 aromatic carbocycles. The van der Waals surface area contributed by atoms with Gasteiger partial charge in [0.05, 0.1) is 0 Å². The van der Waals surface area contributed by atoms with Gasteiger partial charge in [-0.05, 0) is 35.2 Å². The normalized spacial score (nSPS) is 12.8. The van der Waals surface area contributed by atoms with Crippen LogP contribution in [0.25, 0.3) is 10.4 Å². The first-order chi connectivity index (χ1) is 9.90. The van der Waals surface area contributed by atoms with Gasteiger partial charge >= 0.3 is 0 Å². The SMILES string of the molecule is c1cc2sccc(NCc3ccc4c(c3)OCO4)c-2c1. The van der Waals surface area contributed by atoms with E-state index in [-0.39, 0.29) is 0 Å². The van der Waals surface area contributed by atoms with Gasteiger partial charge in [0.1, 0.15) is 0 Å². The van der Waals surface area contributed by atoms with E-state index in [1.165, 1.54) is 21.7 Å². The predicted octanol–water partition coefficient (Wildman–Crippen LogP) is 4.19. The zero-order valence-corrected chi connectivity index (χ0v) is 11.6. The summed E-state index contributed by atoms with van der Waals surface area (Å²) >= 11 is 1.76. The van der Waals surface area contributed by atoms with Gasteiger partial charge in [-0.2, -0.15) is 0 Å². The molecule has 0 aromatic heterocycles. The highest BCUT2D eigenvalue weighted by Gasteiger charge is 2.13. The lowest BCUT2D eigenvalue weighted by atomic mass is 10.2. The van der Waals surface area contributed by atoms with Crippen molar-refractivity contribution in [3.05, 3.63) is 53.4 Å². The van der Waals surface area contributed by atoms with Gasteiger partial charge in [0.15, 0.2) is 11.5 Å². The van der Waals surface area contributed by atoms with Gasteiger partial charge in [-0.3, -0.25) is 0 Å². The summed E-state index contributed by atoms with van der Waals surface area (Å²) in [5.74, 6) is 1.66. The molecule has 0 radical (unpaired) electrons. The molecule has 0 saturated carbocycles. The Hall–Kier alpha value is -2.20. The number of fused-ring (bicyclic) bond motifs is 2. The number of anilines is 1. The molecule has 100 valence electrons. The second-order valence-electron chi connectivity index (χ2n) is 4.68. The Kier molecular flexibility index (Phi) is 2.74. The third-order valence-electron chi connectivity index (χ3n) is 3.42. The number of hydrogen-bond acceptors (Lipinski definition) is 4. The van der Waals surface area contributed by atoms with E-state index in [0.717, 1.165) is 18.0 Å². The summed E-state index contributed by atoms with van der Waals surface area (Å²) in [6.45, 7) is 1.09. The highest BCUT2D eigenvalue weighted by Crippen LogP contribution is 2.35. The number of benzene rings is 1. The van der Waals surface area contributed by atoms with Crippen molar-refractivity contribution in [3.8, 4) is 21.9 Å². The average molecular weight is 283 g/mol. The van der Waals surface area contributed by atoms with Crippen LogP contribution >= 0.6 is 11.3 Å². The maximum Gasteiger partial charge on any atom is 0.231 e. The lowest BCUT2D eigenvalue weighted by Crippen LogP contribution is -2.00. The van der Waals surface area contributed by atoms with Crippen molar-refractivity contribution in [2.45, 2.75) is 6.54 Å². The van der Waals surface area contributed by atoms with Crippen LogP contribution in [0.4, 0.5) is 5.69 Å². The number of rotatable bonds is 3. The summed E-state index contributed by atoms with van der Waals surface area (Å²) in [6, 6.07) is 14.6. The first-order valence-electron chi connectivity index (χ1n) is 6.49. The van der Waals surface area contributed by atoms with E-state index in [4.69, 9.17) is 9.47 Å². The topological polar surface area (TPSA) is 30.5 Å². The largest absolute Gasteiger partial charge is 0.454 e. The molecule has 3 aliphatic rings.